The number of aliphatic hydroxyl groups is 3. The Morgan fingerprint density at radius 1 is 1.11 bits per heavy atom. The fraction of sp³-hybridized carbons (Fsp3) is 0.750. The van der Waals surface area contributed by atoms with Gasteiger partial charge in [0.2, 0.25) is 0 Å². The third kappa shape index (κ3) is 3.40. The van der Waals surface area contributed by atoms with Crippen molar-refractivity contribution in [2.75, 3.05) is 6.61 Å². The highest BCUT2D eigenvalue weighted by atomic mass is 16.3. The monoisotopic (exact) mass is 268 g/mol. The first-order chi connectivity index (χ1) is 8.42. The van der Waals surface area contributed by atoms with Crippen LogP contribution in [0.3, 0.4) is 0 Å². The summed E-state index contributed by atoms with van der Waals surface area (Å²) in [6.07, 6.45) is 2.37. The van der Waals surface area contributed by atoms with E-state index in [1.807, 2.05) is 41.5 Å². The second-order valence-corrected chi connectivity index (χ2v) is 7.60. The molecule has 110 valence electrons. The minimum Gasteiger partial charge on any atom is -0.508 e. The molecule has 1 rings (SSSR count). The molecule has 19 heavy (non-hydrogen) atoms. The fourth-order valence-corrected chi connectivity index (χ4v) is 2.81. The van der Waals surface area contributed by atoms with Crippen molar-refractivity contribution in [1.82, 2.24) is 0 Å². The molecule has 1 unspecified atom stereocenters. The molecule has 0 spiro atoms. The molecule has 0 aromatic heterocycles. The van der Waals surface area contributed by atoms with Crippen molar-refractivity contribution in [2.24, 2.45) is 10.8 Å². The fourth-order valence-electron chi connectivity index (χ4n) is 2.81. The quantitative estimate of drug-likeness (QED) is 0.720. The molecule has 0 bridgehead atoms. The summed E-state index contributed by atoms with van der Waals surface area (Å²) in [6, 6.07) is 0. The van der Waals surface area contributed by atoms with Crippen molar-refractivity contribution >= 4 is 0 Å². The van der Waals surface area contributed by atoms with E-state index in [1.165, 1.54) is 0 Å². The molecular formula is C16H28O3. The molecular weight excluding hydrogens is 240 g/mol. The van der Waals surface area contributed by atoms with Crippen LogP contribution >= 0.6 is 0 Å². The van der Waals surface area contributed by atoms with E-state index in [4.69, 9.17) is 0 Å². The summed E-state index contributed by atoms with van der Waals surface area (Å²) < 4.78 is 0. The summed E-state index contributed by atoms with van der Waals surface area (Å²) in [5, 5.41) is 30.5. The molecule has 0 amide bonds. The van der Waals surface area contributed by atoms with E-state index in [1.54, 1.807) is 6.08 Å². The Kier molecular flexibility index (Phi) is 4.23. The molecule has 1 atom stereocenters. The van der Waals surface area contributed by atoms with E-state index in [9.17, 15) is 15.3 Å². The molecule has 0 aliphatic heterocycles. The smallest absolute Gasteiger partial charge is 0.115 e. The predicted molar refractivity (Wildman–Crippen MR) is 77.9 cm³/mol. The maximum atomic E-state index is 10.9. The van der Waals surface area contributed by atoms with Gasteiger partial charge in [-0.15, -0.1) is 0 Å². The molecule has 0 fully saturated rings. The second kappa shape index (κ2) is 4.95. The van der Waals surface area contributed by atoms with Crippen LogP contribution in [0.25, 0.3) is 0 Å². The van der Waals surface area contributed by atoms with E-state index in [0.717, 1.165) is 11.1 Å². The predicted octanol–water partition coefficient (Wildman–Crippen LogP) is 3.33. The van der Waals surface area contributed by atoms with Gasteiger partial charge in [-0.1, -0.05) is 41.5 Å². The van der Waals surface area contributed by atoms with Crippen molar-refractivity contribution in [2.45, 2.75) is 60.0 Å². The Bertz CT molecular complexity index is 405. The van der Waals surface area contributed by atoms with E-state index >= 15 is 0 Å². The van der Waals surface area contributed by atoms with Gasteiger partial charge in [-0.3, -0.25) is 0 Å². The van der Waals surface area contributed by atoms with E-state index in [0.29, 0.717) is 12.8 Å². The Balaban J connectivity index is 3.36. The number of rotatable bonds is 2. The van der Waals surface area contributed by atoms with Gasteiger partial charge in [0.1, 0.15) is 5.76 Å². The third-order valence-corrected chi connectivity index (χ3v) is 3.80. The summed E-state index contributed by atoms with van der Waals surface area (Å²) in [4.78, 5) is 0. The molecule has 0 saturated heterocycles. The average Bonchev–Trinajstić information content (AvgIpc) is 2.18. The maximum absolute atomic E-state index is 10.9. The molecule has 0 heterocycles. The summed E-state index contributed by atoms with van der Waals surface area (Å²) in [5.41, 5.74) is 0.118. The van der Waals surface area contributed by atoms with Crippen LogP contribution in [0.5, 0.6) is 0 Å². The SMILES string of the molecule is CC(C)(C)C1=CC(O)=C(C(C)(C)C)CC1(O)CCO. The second-order valence-electron chi connectivity index (χ2n) is 7.60. The number of aliphatic hydroxyl groups excluding tert-OH is 2. The topological polar surface area (TPSA) is 60.7 Å². The van der Waals surface area contributed by atoms with Crippen molar-refractivity contribution in [3.8, 4) is 0 Å². The van der Waals surface area contributed by atoms with Crippen molar-refractivity contribution in [3.63, 3.8) is 0 Å². The average molecular weight is 268 g/mol. The molecule has 3 nitrogen and oxygen atoms in total. The third-order valence-electron chi connectivity index (χ3n) is 3.80. The van der Waals surface area contributed by atoms with Crippen LogP contribution in [0.4, 0.5) is 0 Å². The van der Waals surface area contributed by atoms with Crippen LogP contribution in [0, 0.1) is 10.8 Å². The van der Waals surface area contributed by atoms with Gasteiger partial charge in [-0.05, 0) is 28.1 Å². The highest BCUT2D eigenvalue weighted by molar-refractivity contribution is 5.40. The lowest BCUT2D eigenvalue weighted by Crippen LogP contribution is -2.42. The molecule has 1 aliphatic carbocycles. The number of hydrogen-bond acceptors (Lipinski definition) is 3. The minimum absolute atomic E-state index is 0.0674. The first-order valence-electron chi connectivity index (χ1n) is 6.90. The molecule has 0 saturated carbocycles. The van der Waals surface area contributed by atoms with Crippen LogP contribution < -0.4 is 0 Å². The Hall–Kier alpha value is -0.800. The number of hydrogen-bond donors (Lipinski definition) is 3. The molecule has 0 radical (unpaired) electrons. The van der Waals surface area contributed by atoms with Gasteiger partial charge in [0.15, 0.2) is 0 Å². The summed E-state index contributed by atoms with van der Waals surface area (Å²) in [7, 11) is 0. The van der Waals surface area contributed by atoms with Crippen molar-refractivity contribution in [3.05, 3.63) is 23.0 Å². The lowest BCUT2D eigenvalue weighted by Gasteiger charge is -2.43. The molecule has 3 heteroatoms. The van der Waals surface area contributed by atoms with Crippen LogP contribution in [0.2, 0.25) is 0 Å². The first kappa shape index (κ1) is 16.3. The van der Waals surface area contributed by atoms with Crippen LogP contribution in [-0.2, 0) is 0 Å². The van der Waals surface area contributed by atoms with Crippen molar-refractivity contribution in [1.29, 1.82) is 0 Å². The summed E-state index contributed by atoms with van der Waals surface area (Å²) >= 11 is 0. The Labute approximate surface area is 116 Å². The lowest BCUT2D eigenvalue weighted by molar-refractivity contribution is 0.0262. The van der Waals surface area contributed by atoms with E-state index < -0.39 is 5.60 Å². The zero-order valence-corrected chi connectivity index (χ0v) is 13.0. The molecule has 1 aliphatic rings. The summed E-state index contributed by atoms with van der Waals surface area (Å²) in [6.45, 7) is 12.0. The van der Waals surface area contributed by atoms with Crippen LogP contribution in [0.15, 0.2) is 23.0 Å². The highest BCUT2D eigenvalue weighted by Crippen LogP contribution is 2.47. The highest BCUT2D eigenvalue weighted by Gasteiger charge is 2.43. The number of allylic oxidation sites excluding steroid dienone is 1. The maximum Gasteiger partial charge on any atom is 0.115 e. The van der Waals surface area contributed by atoms with Gasteiger partial charge >= 0.3 is 0 Å². The Morgan fingerprint density at radius 2 is 1.63 bits per heavy atom. The van der Waals surface area contributed by atoms with Gasteiger partial charge in [0, 0.05) is 19.4 Å². The molecule has 0 aromatic rings. The van der Waals surface area contributed by atoms with E-state index in [-0.39, 0.29) is 23.2 Å². The van der Waals surface area contributed by atoms with Crippen molar-refractivity contribution < 1.29 is 15.3 Å². The van der Waals surface area contributed by atoms with Gasteiger partial charge in [0.25, 0.3) is 0 Å². The molecule has 0 aromatic carbocycles. The molecule has 3 N–H and O–H groups in total. The van der Waals surface area contributed by atoms with E-state index in [2.05, 4.69) is 0 Å². The van der Waals surface area contributed by atoms with Crippen LogP contribution in [-0.4, -0.2) is 27.5 Å². The Morgan fingerprint density at radius 3 is 2.00 bits per heavy atom. The first-order valence-corrected chi connectivity index (χ1v) is 6.90. The lowest BCUT2D eigenvalue weighted by atomic mass is 9.66. The van der Waals surface area contributed by atoms with Gasteiger partial charge in [0.05, 0.1) is 5.60 Å². The van der Waals surface area contributed by atoms with Gasteiger partial charge in [-0.2, -0.15) is 0 Å². The van der Waals surface area contributed by atoms with Gasteiger partial charge < -0.3 is 15.3 Å². The normalized spacial score (nSPS) is 25.6. The zero-order valence-electron chi connectivity index (χ0n) is 13.0. The minimum atomic E-state index is -1.07. The summed E-state index contributed by atoms with van der Waals surface area (Å²) in [5.74, 6) is 0.264. The van der Waals surface area contributed by atoms with Crippen LogP contribution in [0.1, 0.15) is 54.4 Å². The standard InChI is InChI=1S/C16H28O3/c1-14(2,3)11-10-16(19,7-8-17)13(9-12(11)18)15(4,5)6/h9,17-19H,7-8,10H2,1-6H3. The van der Waals surface area contributed by atoms with Gasteiger partial charge in [-0.25, -0.2) is 0 Å². The largest absolute Gasteiger partial charge is 0.508 e. The zero-order chi connectivity index (χ0) is 15.1.